The van der Waals surface area contributed by atoms with E-state index in [1.807, 2.05) is 48.5 Å². The van der Waals surface area contributed by atoms with Gasteiger partial charge in [0.15, 0.2) is 5.58 Å². The molecule has 9 heteroatoms. The molecule has 0 radical (unpaired) electrons. The number of benzene rings is 2. The maximum Gasteiger partial charge on any atom is 0.433 e. The van der Waals surface area contributed by atoms with Crippen molar-refractivity contribution in [1.82, 2.24) is 10.1 Å². The van der Waals surface area contributed by atoms with Crippen molar-refractivity contribution in [2.75, 3.05) is 0 Å². The van der Waals surface area contributed by atoms with E-state index >= 15 is 0 Å². The highest BCUT2D eigenvalue weighted by Gasteiger charge is 2.34. The zero-order chi connectivity index (χ0) is 24.5. The highest BCUT2D eigenvalue weighted by Crippen LogP contribution is 2.39. The number of hydrogen-bond donors (Lipinski definition) is 1. The summed E-state index contributed by atoms with van der Waals surface area (Å²) in [5.74, 6) is -0.329. The van der Waals surface area contributed by atoms with Crippen LogP contribution in [0.5, 0.6) is 0 Å². The summed E-state index contributed by atoms with van der Waals surface area (Å²) in [6, 6.07) is 18.9. The molecule has 0 aliphatic heterocycles. The second-order valence-corrected chi connectivity index (χ2v) is 10.5. The molecule has 0 spiro atoms. The summed E-state index contributed by atoms with van der Waals surface area (Å²) in [5.41, 5.74) is 2.26. The zero-order valence-electron chi connectivity index (χ0n) is 18.7. The lowest BCUT2D eigenvalue weighted by Gasteiger charge is -2.29. The fourth-order valence-electron chi connectivity index (χ4n) is 4.12. The molecule has 2 N–H and O–H groups in total. The predicted molar refractivity (Wildman–Crippen MR) is 126 cm³/mol. The third-order valence-electron chi connectivity index (χ3n) is 5.87. The summed E-state index contributed by atoms with van der Waals surface area (Å²) in [7, 11) is -1.65. The standard InChI is InChI=1S/C25H24F3N3O2S/c1-24(2,34(29)32)15-16(14-17-8-7-13-22(30-17)25(26,27)28)18-9-3-4-10-19(18)23-20-11-5-6-12-21(20)33-31-23/h3-13,16H,14-15,29H2,1-2H3/t16-,34?/m0/s1. The summed E-state index contributed by atoms with van der Waals surface area (Å²) in [5, 5.41) is 10.9. The van der Waals surface area contributed by atoms with Gasteiger partial charge in [0.25, 0.3) is 0 Å². The Hall–Kier alpha value is -3.04. The van der Waals surface area contributed by atoms with E-state index in [-0.39, 0.29) is 12.3 Å². The van der Waals surface area contributed by atoms with Gasteiger partial charge in [0.05, 0.1) is 15.7 Å². The van der Waals surface area contributed by atoms with Gasteiger partial charge in [0.1, 0.15) is 11.4 Å². The van der Waals surface area contributed by atoms with Gasteiger partial charge in [-0.2, -0.15) is 13.2 Å². The molecular formula is C25H24F3N3O2S. The molecule has 0 amide bonds. The van der Waals surface area contributed by atoms with Gasteiger partial charge in [0, 0.05) is 16.6 Å². The van der Waals surface area contributed by atoms with Gasteiger partial charge in [-0.3, -0.25) is 5.14 Å². The molecule has 2 aromatic heterocycles. The number of nitrogens with two attached hydrogens (primary N) is 1. The molecule has 0 saturated heterocycles. The first-order chi connectivity index (χ1) is 16.1. The Labute approximate surface area is 197 Å². The molecule has 2 heterocycles. The number of para-hydroxylation sites is 1. The molecule has 178 valence electrons. The first-order valence-electron chi connectivity index (χ1n) is 10.7. The highest BCUT2D eigenvalue weighted by molar-refractivity contribution is 7.84. The lowest BCUT2D eigenvalue weighted by molar-refractivity contribution is -0.141. The highest BCUT2D eigenvalue weighted by atomic mass is 32.2. The summed E-state index contributed by atoms with van der Waals surface area (Å²) >= 11 is 0. The van der Waals surface area contributed by atoms with E-state index in [1.165, 1.54) is 6.07 Å². The minimum Gasteiger partial charge on any atom is -0.356 e. The average molecular weight is 488 g/mol. The van der Waals surface area contributed by atoms with Gasteiger partial charge in [-0.25, -0.2) is 9.19 Å². The third kappa shape index (κ3) is 5.05. The number of fused-ring (bicyclic) bond motifs is 1. The van der Waals surface area contributed by atoms with Crippen LogP contribution in [-0.2, 0) is 23.6 Å². The number of hydrogen-bond acceptors (Lipinski definition) is 4. The lowest BCUT2D eigenvalue weighted by atomic mass is 9.83. The van der Waals surface area contributed by atoms with Gasteiger partial charge in [-0.15, -0.1) is 0 Å². The topological polar surface area (TPSA) is 82.0 Å². The molecule has 0 aliphatic rings. The average Bonchev–Trinajstić information content (AvgIpc) is 3.22. The Morgan fingerprint density at radius 1 is 1.00 bits per heavy atom. The summed E-state index contributed by atoms with van der Waals surface area (Å²) in [4.78, 5) is 3.86. The van der Waals surface area contributed by atoms with E-state index in [4.69, 9.17) is 9.66 Å². The van der Waals surface area contributed by atoms with Crippen molar-refractivity contribution in [3.05, 3.63) is 83.7 Å². The molecule has 2 aromatic carbocycles. The number of nitrogens with zero attached hydrogens (tertiary/aromatic N) is 2. The second kappa shape index (κ2) is 9.31. The van der Waals surface area contributed by atoms with Crippen molar-refractivity contribution in [3.63, 3.8) is 0 Å². The minimum atomic E-state index is -4.54. The molecule has 0 fully saturated rings. The van der Waals surface area contributed by atoms with E-state index in [9.17, 15) is 17.4 Å². The molecule has 5 nitrogen and oxygen atoms in total. The molecule has 4 rings (SSSR count). The Bertz CT molecular complexity index is 1330. The van der Waals surface area contributed by atoms with Crippen LogP contribution in [0, 0.1) is 0 Å². The number of pyridine rings is 1. The third-order valence-corrected chi connectivity index (χ3v) is 7.12. The smallest absolute Gasteiger partial charge is 0.356 e. The molecule has 0 saturated carbocycles. The molecule has 0 aliphatic carbocycles. The van der Waals surface area contributed by atoms with E-state index in [0.717, 1.165) is 22.6 Å². The molecule has 34 heavy (non-hydrogen) atoms. The van der Waals surface area contributed by atoms with Crippen LogP contribution in [0.2, 0.25) is 0 Å². The van der Waals surface area contributed by atoms with Crippen molar-refractivity contribution in [2.24, 2.45) is 5.14 Å². The van der Waals surface area contributed by atoms with Crippen LogP contribution in [0.25, 0.3) is 22.2 Å². The van der Waals surface area contributed by atoms with Gasteiger partial charge in [-0.05, 0) is 62.4 Å². The maximum atomic E-state index is 13.3. The van der Waals surface area contributed by atoms with Gasteiger partial charge in [0.2, 0.25) is 0 Å². The van der Waals surface area contributed by atoms with Gasteiger partial charge in [-0.1, -0.05) is 47.6 Å². The number of halogens is 3. The van der Waals surface area contributed by atoms with Crippen LogP contribution in [0.4, 0.5) is 13.2 Å². The van der Waals surface area contributed by atoms with Crippen molar-refractivity contribution in [3.8, 4) is 11.3 Å². The number of rotatable bonds is 7. The normalized spacial score (nSPS) is 14.3. The van der Waals surface area contributed by atoms with Gasteiger partial charge < -0.3 is 4.52 Å². The van der Waals surface area contributed by atoms with Crippen molar-refractivity contribution in [1.29, 1.82) is 0 Å². The van der Waals surface area contributed by atoms with Crippen LogP contribution in [0.1, 0.15) is 43.1 Å². The Morgan fingerprint density at radius 3 is 2.44 bits per heavy atom. The van der Waals surface area contributed by atoms with Crippen LogP contribution in [-0.4, -0.2) is 19.1 Å². The van der Waals surface area contributed by atoms with Crippen LogP contribution < -0.4 is 5.14 Å². The van der Waals surface area contributed by atoms with Crippen molar-refractivity contribution in [2.45, 2.75) is 43.5 Å². The van der Waals surface area contributed by atoms with Crippen LogP contribution >= 0.6 is 0 Å². The predicted octanol–water partition coefficient (Wildman–Crippen LogP) is 6.03. The first kappa shape index (κ1) is 24.1. The van der Waals surface area contributed by atoms with Crippen LogP contribution in [0.3, 0.4) is 0 Å². The fraction of sp³-hybridized carbons (Fsp3) is 0.280. The summed E-state index contributed by atoms with van der Waals surface area (Å²) < 4.78 is 56.8. The number of alkyl halides is 3. The Kier molecular flexibility index (Phi) is 6.60. The van der Waals surface area contributed by atoms with Crippen LogP contribution in [0.15, 0.2) is 71.3 Å². The molecular weight excluding hydrogens is 463 g/mol. The van der Waals surface area contributed by atoms with Crippen molar-refractivity contribution >= 4 is 22.0 Å². The largest absolute Gasteiger partial charge is 0.433 e. The van der Waals surface area contributed by atoms with E-state index < -0.39 is 27.6 Å². The van der Waals surface area contributed by atoms with E-state index in [2.05, 4.69) is 10.1 Å². The Morgan fingerprint density at radius 2 is 1.71 bits per heavy atom. The van der Waals surface area contributed by atoms with Gasteiger partial charge >= 0.3 is 6.18 Å². The van der Waals surface area contributed by atoms with E-state index in [1.54, 1.807) is 19.9 Å². The number of aromatic nitrogens is 2. The summed E-state index contributed by atoms with van der Waals surface area (Å²) in [6.07, 6.45) is -3.97. The second-order valence-electron chi connectivity index (χ2n) is 8.79. The molecule has 4 aromatic rings. The molecule has 0 bridgehead atoms. The summed E-state index contributed by atoms with van der Waals surface area (Å²) in [6.45, 7) is 3.56. The maximum absolute atomic E-state index is 13.3. The SMILES string of the molecule is CC(C)(C[C@H](Cc1cccc(C(F)(F)F)n1)c1ccccc1-c1noc2ccccc12)S(N)=O. The monoisotopic (exact) mass is 487 g/mol. The first-order valence-corrected chi connectivity index (χ1v) is 11.9. The Balaban J connectivity index is 1.82. The molecule has 1 unspecified atom stereocenters. The fourth-order valence-corrected chi connectivity index (χ4v) is 4.49. The van der Waals surface area contributed by atoms with Crippen molar-refractivity contribution < 1.29 is 21.9 Å². The lowest BCUT2D eigenvalue weighted by Crippen LogP contribution is -2.34. The quantitative estimate of drug-likeness (QED) is 0.345. The molecule has 2 atom stereocenters. The van der Waals surface area contributed by atoms with E-state index in [0.29, 0.717) is 23.4 Å². The zero-order valence-corrected chi connectivity index (χ0v) is 19.5. The minimum absolute atomic E-state index is 0.206.